The summed E-state index contributed by atoms with van der Waals surface area (Å²) in [5.74, 6) is 0.421. The van der Waals surface area contributed by atoms with Crippen LogP contribution in [0.3, 0.4) is 0 Å². The molecule has 0 amide bonds. The number of hydrogen-bond donors (Lipinski definition) is 2. The predicted molar refractivity (Wildman–Crippen MR) is 123 cm³/mol. The van der Waals surface area contributed by atoms with Gasteiger partial charge in [-0.25, -0.2) is 4.39 Å². The van der Waals surface area contributed by atoms with Crippen molar-refractivity contribution in [1.82, 2.24) is 10.2 Å². The number of piperazine rings is 1. The van der Waals surface area contributed by atoms with E-state index in [2.05, 4.69) is 20.1 Å². The van der Waals surface area contributed by atoms with Crippen LogP contribution in [0.15, 0.2) is 47.5 Å². The number of aliphatic imine (C=N–C) groups is 1. The third kappa shape index (κ3) is 5.48. The van der Waals surface area contributed by atoms with E-state index in [9.17, 15) is 9.50 Å². The molecule has 2 aromatic carbocycles. The second kappa shape index (κ2) is 10.8. The van der Waals surface area contributed by atoms with Gasteiger partial charge in [0.1, 0.15) is 5.82 Å². The lowest BCUT2D eigenvalue weighted by Crippen LogP contribution is -2.52. The van der Waals surface area contributed by atoms with Crippen LogP contribution in [-0.2, 0) is 13.2 Å². The molecule has 0 spiro atoms. The Kier molecular flexibility index (Phi) is 8.78. The van der Waals surface area contributed by atoms with Gasteiger partial charge in [-0.05, 0) is 29.8 Å². The Bertz CT molecular complexity index is 813. The molecule has 0 bridgehead atoms. The van der Waals surface area contributed by atoms with Crippen LogP contribution in [-0.4, -0.2) is 49.2 Å². The minimum Gasteiger partial charge on any atom is -0.392 e. The van der Waals surface area contributed by atoms with Crippen LogP contribution in [0, 0.1) is 5.82 Å². The molecule has 0 saturated carbocycles. The zero-order valence-corrected chi connectivity index (χ0v) is 18.8. The van der Waals surface area contributed by atoms with Crippen molar-refractivity contribution in [1.29, 1.82) is 0 Å². The van der Waals surface area contributed by atoms with Gasteiger partial charge >= 0.3 is 0 Å². The van der Waals surface area contributed by atoms with Gasteiger partial charge in [0.25, 0.3) is 0 Å². The van der Waals surface area contributed by atoms with Crippen molar-refractivity contribution in [3.63, 3.8) is 0 Å². The molecule has 0 aliphatic carbocycles. The monoisotopic (exact) mass is 518 g/mol. The topological polar surface area (TPSA) is 51.1 Å². The van der Waals surface area contributed by atoms with Crippen LogP contribution in [0.25, 0.3) is 0 Å². The summed E-state index contributed by atoms with van der Waals surface area (Å²) in [4.78, 5) is 8.84. The van der Waals surface area contributed by atoms with Gasteiger partial charge in [0.2, 0.25) is 0 Å². The number of hydrogen-bond acceptors (Lipinski definition) is 3. The molecule has 1 saturated heterocycles. The summed E-state index contributed by atoms with van der Waals surface area (Å²) < 4.78 is 13.5. The Hall–Kier alpha value is -1.58. The first kappa shape index (κ1) is 22.7. The van der Waals surface area contributed by atoms with Crippen LogP contribution >= 0.6 is 35.6 Å². The number of nitrogens with one attached hydrogen (secondary N) is 1. The van der Waals surface area contributed by atoms with Crippen molar-refractivity contribution in [2.45, 2.75) is 13.2 Å². The van der Waals surface area contributed by atoms with E-state index < -0.39 is 0 Å². The molecule has 1 fully saturated rings. The summed E-state index contributed by atoms with van der Waals surface area (Å²) in [6.45, 7) is 3.58. The Balaban J connectivity index is 0.00000280. The Morgan fingerprint density at radius 2 is 1.89 bits per heavy atom. The first-order chi connectivity index (χ1) is 13.1. The van der Waals surface area contributed by atoms with Crippen LogP contribution in [0.5, 0.6) is 0 Å². The second-order valence-electron chi connectivity index (χ2n) is 6.41. The Morgan fingerprint density at radius 3 is 2.54 bits per heavy atom. The van der Waals surface area contributed by atoms with Crippen molar-refractivity contribution in [3.05, 3.63) is 64.4 Å². The molecule has 2 N–H and O–H groups in total. The highest BCUT2D eigenvalue weighted by Gasteiger charge is 2.21. The van der Waals surface area contributed by atoms with E-state index in [0.29, 0.717) is 12.1 Å². The van der Waals surface area contributed by atoms with Crippen LogP contribution in [0.2, 0.25) is 5.02 Å². The lowest BCUT2D eigenvalue weighted by Gasteiger charge is -2.38. The Labute approximate surface area is 187 Å². The van der Waals surface area contributed by atoms with Crippen molar-refractivity contribution < 1.29 is 9.50 Å². The first-order valence-corrected chi connectivity index (χ1v) is 9.33. The van der Waals surface area contributed by atoms with Gasteiger partial charge < -0.3 is 20.2 Å². The highest BCUT2D eigenvalue weighted by Crippen LogP contribution is 2.26. The number of halogens is 3. The van der Waals surface area contributed by atoms with Gasteiger partial charge in [-0.2, -0.15) is 0 Å². The Morgan fingerprint density at radius 1 is 1.18 bits per heavy atom. The number of rotatable bonds is 4. The fourth-order valence-electron chi connectivity index (χ4n) is 3.24. The second-order valence-corrected chi connectivity index (χ2v) is 6.82. The van der Waals surface area contributed by atoms with Crippen molar-refractivity contribution in [3.8, 4) is 0 Å². The quantitative estimate of drug-likeness (QED) is 0.370. The zero-order chi connectivity index (χ0) is 19.2. The molecule has 0 unspecified atom stereocenters. The normalized spacial score (nSPS) is 14.6. The van der Waals surface area contributed by atoms with Crippen LogP contribution in [0.4, 0.5) is 10.1 Å². The predicted octanol–water partition coefficient (Wildman–Crippen LogP) is 3.49. The molecule has 0 aromatic heterocycles. The van der Waals surface area contributed by atoms with E-state index in [-0.39, 0.29) is 36.4 Å². The molecular formula is C20H25ClFIN4O. The first-order valence-electron chi connectivity index (χ1n) is 8.95. The van der Waals surface area contributed by atoms with E-state index in [1.165, 1.54) is 6.07 Å². The highest BCUT2D eigenvalue weighted by molar-refractivity contribution is 14.0. The smallest absolute Gasteiger partial charge is 0.194 e. The minimum absolute atomic E-state index is 0. The summed E-state index contributed by atoms with van der Waals surface area (Å²) in [5, 5.41) is 13.3. The van der Waals surface area contributed by atoms with Gasteiger partial charge in [-0.15, -0.1) is 24.0 Å². The molecule has 1 aliphatic rings. The highest BCUT2D eigenvalue weighted by atomic mass is 127. The maximum atomic E-state index is 13.5. The lowest BCUT2D eigenvalue weighted by molar-refractivity contribution is 0.275. The lowest BCUT2D eigenvalue weighted by atomic mass is 10.1. The van der Waals surface area contributed by atoms with Gasteiger partial charge in [-0.3, -0.25) is 4.99 Å². The maximum Gasteiger partial charge on any atom is 0.194 e. The molecule has 152 valence electrons. The number of aliphatic hydroxyl groups is 1. The third-order valence-electron chi connectivity index (χ3n) is 4.72. The fraction of sp³-hybridized carbons (Fsp3) is 0.350. The summed E-state index contributed by atoms with van der Waals surface area (Å²) in [6, 6.07) is 12.6. The van der Waals surface area contributed by atoms with Gasteiger partial charge in [0.05, 0.1) is 17.3 Å². The van der Waals surface area contributed by atoms with E-state index >= 15 is 0 Å². The summed E-state index contributed by atoms with van der Waals surface area (Å²) in [5.41, 5.74) is 2.26. The largest absolute Gasteiger partial charge is 0.392 e. The number of para-hydroxylation sites is 1. The number of aliphatic hydroxyl groups excluding tert-OH is 1. The number of guanidine groups is 1. The molecular weight excluding hydrogens is 494 g/mol. The molecule has 0 atom stereocenters. The summed E-state index contributed by atoms with van der Waals surface area (Å²) in [6.07, 6.45) is 0. The van der Waals surface area contributed by atoms with Crippen LogP contribution in [0.1, 0.15) is 11.1 Å². The van der Waals surface area contributed by atoms with Gasteiger partial charge in [0, 0.05) is 45.3 Å². The minimum atomic E-state index is -0.388. The van der Waals surface area contributed by atoms with E-state index in [1.807, 2.05) is 24.3 Å². The molecule has 1 aliphatic heterocycles. The van der Waals surface area contributed by atoms with E-state index in [4.69, 9.17) is 11.6 Å². The van der Waals surface area contributed by atoms with Gasteiger partial charge in [0.15, 0.2) is 5.96 Å². The van der Waals surface area contributed by atoms with Crippen LogP contribution < -0.4 is 10.2 Å². The SMILES string of the molecule is CN=C(NCc1ccc(F)c(CO)c1)N1CCN(c2ccccc2Cl)CC1.I. The van der Waals surface area contributed by atoms with Crippen molar-refractivity contribution >= 4 is 47.2 Å². The number of benzene rings is 2. The molecule has 3 rings (SSSR count). The number of anilines is 1. The van der Waals surface area contributed by atoms with E-state index in [0.717, 1.165) is 48.4 Å². The van der Waals surface area contributed by atoms with Crippen molar-refractivity contribution in [2.24, 2.45) is 4.99 Å². The van der Waals surface area contributed by atoms with Crippen molar-refractivity contribution in [2.75, 3.05) is 38.1 Å². The summed E-state index contributed by atoms with van der Waals surface area (Å²) in [7, 11) is 1.76. The van der Waals surface area contributed by atoms with E-state index in [1.54, 1.807) is 19.2 Å². The molecule has 8 heteroatoms. The summed E-state index contributed by atoms with van der Waals surface area (Å²) >= 11 is 6.30. The number of nitrogens with zero attached hydrogens (tertiary/aromatic N) is 3. The zero-order valence-electron chi connectivity index (χ0n) is 15.7. The average Bonchev–Trinajstić information content (AvgIpc) is 2.70. The maximum absolute atomic E-state index is 13.5. The molecule has 0 radical (unpaired) electrons. The molecule has 1 heterocycles. The fourth-order valence-corrected chi connectivity index (χ4v) is 3.50. The molecule has 2 aromatic rings. The standard InChI is InChI=1S/C20H24ClFN4O.HI/c1-23-20(24-13-15-6-7-18(22)16(12-15)14-27)26-10-8-25(9-11-26)19-5-3-2-4-17(19)21;/h2-7,12,27H,8-11,13-14H2,1H3,(H,23,24);1H. The molecule has 5 nitrogen and oxygen atoms in total. The average molecular weight is 519 g/mol. The van der Waals surface area contributed by atoms with Gasteiger partial charge in [-0.1, -0.05) is 29.8 Å². The third-order valence-corrected chi connectivity index (χ3v) is 5.03. The molecule has 28 heavy (non-hydrogen) atoms.